The Balaban J connectivity index is 2.05. The zero-order chi connectivity index (χ0) is 23.8. The first-order valence-corrected chi connectivity index (χ1v) is 10.8. The van der Waals surface area contributed by atoms with Crippen LogP contribution in [0.3, 0.4) is 0 Å². The molecule has 0 aromatic heterocycles. The molecule has 1 heterocycles. The molecule has 0 radical (unpaired) electrons. The van der Waals surface area contributed by atoms with E-state index in [0.717, 1.165) is 12.1 Å². The van der Waals surface area contributed by atoms with E-state index in [9.17, 15) is 23.6 Å². The van der Waals surface area contributed by atoms with Crippen molar-refractivity contribution in [3.8, 4) is 0 Å². The van der Waals surface area contributed by atoms with Crippen LogP contribution in [0.5, 0.6) is 0 Å². The second-order valence-corrected chi connectivity index (χ2v) is 8.60. The quantitative estimate of drug-likeness (QED) is 0.389. The van der Waals surface area contributed by atoms with E-state index in [1.807, 2.05) is 13.8 Å². The molecular weight excluding hydrogens is 439 g/mol. The van der Waals surface area contributed by atoms with Gasteiger partial charge in [-0.3, -0.25) is 19.2 Å². The summed E-state index contributed by atoms with van der Waals surface area (Å²) in [6, 6.07) is 2.06. The molecule has 0 aliphatic carbocycles. The Kier molecular flexibility index (Phi) is 9.19. The maximum Gasteiger partial charge on any atom is 0.244 e. The molecule has 1 aromatic rings. The molecular formula is C22H28ClFN4O4. The van der Waals surface area contributed by atoms with Gasteiger partial charge in [0.15, 0.2) is 0 Å². The highest BCUT2D eigenvalue weighted by atomic mass is 35.5. The highest BCUT2D eigenvalue weighted by Crippen LogP contribution is 2.17. The van der Waals surface area contributed by atoms with E-state index in [1.54, 1.807) is 0 Å². The van der Waals surface area contributed by atoms with Gasteiger partial charge < -0.3 is 21.7 Å². The molecule has 3 atom stereocenters. The SMILES string of the molecule is CC(C)CC(NC(=O)/C=C/c1ccc(Cl)cc1F)C(=O)N[C@@H](C[C@@H]1CCNC1=O)C(N)=O. The zero-order valence-electron chi connectivity index (χ0n) is 18.0. The number of carbonyl (C=O) groups excluding carboxylic acids is 4. The summed E-state index contributed by atoms with van der Waals surface area (Å²) >= 11 is 5.71. The van der Waals surface area contributed by atoms with Crippen LogP contribution in [0, 0.1) is 17.7 Å². The van der Waals surface area contributed by atoms with Crippen LogP contribution in [-0.4, -0.2) is 42.3 Å². The highest BCUT2D eigenvalue weighted by molar-refractivity contribution is 6.30. The van der Waals surface area contributed by atoms with Gasteiger partial charge in [-0.1, -0.05) is 31.5 Å². The summed E-state index contributed by atoms with van der Waals surface area (Å²) in [4.78, 5) is 48.8. The van der Waals surface area contributed by atoms with E-state index < -0.39 is 41.5 Å². The Morgan fingerprint density at radius 2 is 2.00 bits per heavy atom. The summed E-state index contributed by atoms with van der Waals surface area (Å²) in [7, 11) is 0. The zero-order valence-corrected chi connectivity index (χ0v) is 18.7. The molecule has 1 aliphatic rings. The maximum absolute atomic E-state index is 13.9. The van der Waals surface area contributed by atoms with Crippen molar-refractivity contribution < 1.29 is 23.6 Å². The van der Waals surface area contributed by atoms with Crippen LogP contribution in [0.15, 0.2) is 24.3 Å². The van der Waals surface area contributed by atoms with Gasteiger partial charge in [-0.15, -0.1) is 0 Å². The minimum absolute atomic E-state index is 0.0522. The minimum Gasteiger partial charge on any atom is -0.368 e. The van der Waals surface area contributed by atoms with Crippen molar-refractivity contribution in [1.29, 1.82) is 0 Å². The van der Waals surface area contributed by atoms with E-state index in [-0.39, 0.29) is 28.8 Å². The number of carbonyl (C=O) groups is 4. The Morgan fingerprint density at radius 3 is 2.56 bits per heavy atom. The van der Waals surface area contributed by atoms with Crippen molar-refractivity contribution in [2.45, 2.75) is 45.2 Å². The second kappa shape index (κ2) is 11.6. The van der Waals surface area contributed by atoms with Crippen LogP contribution in [0.25, 0.3) is 6.08 Å². The van der Waals surface area contributed by atoms with Crippen molar-refractivity contribution in [1.82, 2.24) is 16.0 Å². The average molecular weight is 467 g/mol. The Labute approximate surface area is 191 Å². The second-order valence-electron chi connectivity index (χ2n) is 8.17. The molecule has 1 unspecified atom stereocenters. The summed E-state index contributed by atoms with van der Waals surface area (Å²) in [5.74, 6) is -3.08. The predicted molar refractivity (Wildman–Crippen MR) is 119 cm³/mol. The van der Waals surface area contributed by atoms with Crippen LogP contribution in [0.2, 0.25) is 5.02 Å². The van der Waals surface area contributed by atoms with Crippen LogP contribution in [0.4, 0.5) is 4.39 Å². The smallest absolute Gasteiger partial charge is 0.244 e. The van der Waals surface area contributed by atoms with Crippen LogP contribution >= 0.6 is 11.6 Å². The lowest BCUT2D eigenvalue weighted by Crippen LogP contribution is -2.53. The first-order chi connectivity index (χ1) is 15.1. The molecule has 32 heavy (non-hydrogen) atoms. The molecule has 1 saturated heterocycles. The summed E-state index contributed by atoms with van der Waals surface area (Å²) in [6.07, 6.45) is 3.33. The summed E-state index contributed by atoms with van der Waals surface area (Å²) < 4.78 is 13.9. The van der Waals surface area contributed by atoms with E-state index >= 15 is 0 Å². The predicted octanol–water partition coefficient (Wildman–Crippen LogP) is 1.52. The van der Waals surface area contributed by atoms with Crippen LogP contribution in [-0.2, 0) is 19.2 Å². The highest BCUT2D eigenvalue weighted by Gasteiger charge is 2.32. The Morgan fingerprint density at radius 1 is 1.28 bits per heavy atom. The Hall–Kier alpha value is -2.94. The van der Waals surface area contributed by atoms with Crippen LogP contribution in [0.1, 0.15) is 38.7 Å². The topological polar surface area (TPSA) is 130 Å². The van der Waals surface area contributed by atoms with Gasteiger partial charge in [0.05, 0.1) is 0 Å². The number of rotatable bonds is 10. The number of nitrogens with two attached hydrogens (primary N) is 1. The van der Waals surface area contributed by atoms with Gasteiger partial charge in [0.2, 0.25) is 23.6 Å². The molecule has 1 fully saturated rings. The molecule has 0 spiro atoms. The number of hydrogen-bond donors (Lipinski definition) is 4. The molecule has 5 N–H and O–H groups in total. The molecule has 2 rings (SSSR count). The molecule has 0 saturated carbocycles. The molecule has 8 nitrogen and oxygen atoms in total. The van der Waals surface area contributed by atoms with Crippen molar-refractivity contribution in [2.75, 3.05) is 6.54 Å². The first kappa shape index (κ1) is 25.3. The standard InChI is InChI=1S/C22H28ClFN4O4/c1-12(2)9-18(27-19(29)6-4-13-3-5-15(23)11-16(13)24)22(32)28-17(20(25)30)10-14-7-8-26-21(14)31/h3-6,11-12,14,17-18H,7-10H2,1-2H3,(H2,25,30)(H,26,31)(H,27,29)(H,28,32)/b6-4+/t14-,17-,18?/m0/s1. The maximum atomic E-state index is 13.9. The summed E-state index contributed by atoms with van der Waals surface area (Å²) in [5, 5.41) is 8.04. The number of benzene rings is 1. The van der Waals surface area contributed by atoms with Gasteiger partial charge in [0.25, 0.3) is 0 Å². The number of hydrogen-bond acceptors (Lipinski definition) is 4. The van der Waals surface area contributed by atoms with E-state index in [1.165, 1.54) is 18.2 Å². The van der Waals surface area contributed by atoms with Gasteiger partial charge in [0, 0.05) is 29.1 Å². The monoisotopic (exact) mass is 466 g/mol. The lowest BCUT2D eigenvalue weighted by atomic mass is 9.97. The van der Waals surface area contributed by atoms with E-state index in [0.29, 0.717) is 19.4 Å². The van der Waals surface area contributed by atoms with E-state index in [4.69, 9.17) is 17.3 Å². The number of amides is 4. The summed E-state index contributed by atoms with van der Waals surface area (Å²) in [6.45, 7) is 4.26. The molecule has 1 aliphatic heterocycles. The first-order valence-electron chi connectivity index (χ1n) is 10.4. The van der Waals surface area contributed by atoms with Crippen molar-refractivity contribution in [3.05, 3.63) is 40.7 Å². The normalized spacial score (nSPS) is 17.8. The third kappa shape index (κ3) is 7.64. The molecule has 10 heteroatoms. The Bertz CT molecular complexity index is 906. The number of primary amides is 1. The fourth-order valence-electron chi connectivity index (χ4n) is 3.40. The molecule has 4 amide bonds. The third-order valence-electron chi connectivity index (χ3n) is 5.06. The average Bonchev–Trinajstić information content (AvgIpc) is 3.10. The van der Waals surface area contributed by atoms with Crippen molar-refractivity contribution >= 4 is 41.3 Å². The minimum atomic E-state index is -1.04. The van der Waals surface area contributed by atoms with Gasteiger partial charge in [0.1, 0.15) is 17.9 Å². The number of nitrogens with one attached hydrogen (secondary N) is 3. The van der Waals surface area contributed by atoms with Gasteiger partial charge in [-0.25, -0.2) is 4.39 Å². The third-order valence-corrected chi connectivity index (χ3v) is 5.29. The van der Waals surface area contributed by atoms with Gasteiger partial charge >= 0.3 is 0 Å². The van der Waals surface area contributed by atoms with Crippen molar-refractivity contribution in [3.63, 3.8) is 0 Å². The fraction of sp³-hybridized carbons (Fsp3) is 0.455. The largest absolute Gasteiger partial charge is 0.368 e. The van der Waals surface area contributed by atoms with Gasteiger partial charge in [-0.05, 0) is 43.4 Å². The van der Waals surface area contributed by atoms with Gasteiger partial charge in [-0.2, -0.15) is 0 Å². The molecule has 1 aromatic carbocycles. The van der Waals surface area contributed by atoms with E-state index in [2.05, 4.69) is 16.0 Å². The summed E-state index contributed by atoms with van der Waals surface area (Å²) in [5.41, 5.74) is 5.58. The fourth-order valence-corrected chi connectivity index (χ4v) is 3.56. The lowest BCUT2D eigenvalue weighted by molar-refractivity contribution is -0.131. The lowest BCUT2D eigenvalue weighted by Gasteiger charge is -2.23. The molecule has 0 bridgehead atoms. The van der Waals surface area contributed by atoms with Crippen LogP contribution < -0.4 is 21.7 Å². The number of halogens is 2. The molecule has 174 valence electrons. The van der Waals surface area contributed by atoms with Crippen molar-refractivity contribution in [2.24, 2.45) is 17.6 Å².